The standard InChI is InChI=1S/C14H24N4/c1-11-8-18(10-14(11)17(3)4)9-13-7-12(15-2)5-6-16-13/h5-7,11,14H,8-10H2,1-4H3,(H,15,16). The Morgan fingerprint density at radius 3 is 2.83 bits per heavy atom. The molecule has 1 aromatic rings. The van der Waals surface area contributed by atoms with Crippen LogP contribution in [0.5, 0.6) is 0 Å². The van der Waals surface area contributed by atoms with Crippen molar-refractivity contribution >= 4 is 5.69 Å². The molecule has 0 saturated carbocycles. The lowest BCUT2D eigenvalue weighted by molar-refractivity contribution is 0.249. The molecule has 1 aliphatic heterocycles. The Kier molecular flexibility index (Phi) is 4.19. The fraction of sp³-hybridized carbons (Fsp3) is 0.643. The maximum Gasteiger partial charge on any atom is 0.0564 e. The minimum Gasteiger partial charge on any atom is -0.388 e. The molecule has 100 valence electrons. The highest BCUT2D eigenvalue weighted by molar-refractivity contribution is 5.42. The van der Waals surface area contributed by atoms with Gasteiger partial charge in [0.15, 0.2) is 0 Å². The molecule has 1 aromatic heterocycles. The Bertz CT molecular complexity index is 391. The van der Waals surface area contributed by atoms with E-state index < -0.39 is 0 Å². The second-order valence-electron chi connectivity index (χ2n) is 5.49. The topological polar surface area (TPSA) is 31.4 Å². The summed E-state index contributed by atoms with van der Waals surface area (Å²) in [5, 5.41) is 3.16. The zero-order chi connectivity index (χ0) is 13.1. The number of aromatic nitrogens is 1. The molecule has 2 unspecified atom stereocenters. The Balaban J connectivity index is 1.98. The molecule has 2 rings (SSSR count). The largest absolute Gasteiger partial charge is 0.388 e. The van der Waals surface area contributed by atoms with Gasteiger partial charge in [-0.25, -0.2) is 0 Å². The Labute approximate surface area is 110 Å². The normalized spacial score (nSPS) is 24.7. The van der Waals surface area contributed by atoms with Crippen molar-refractivity contribution in [3.8, 4) is 0 Å². The molecule has 1 fully saturated rings. The number of anilines is 1. The zero-order valence-corrected chi connectivity index (χ0v) is 11.8. The quantitative estimate of drug-likeness (QED) is 0.875. The molecule has 18 heavy (non-hydrogen) atoms. The van der Waals surface area contributed by atoms with Gasteiger partial charge in [0.25, 0.3) is 0 Å². The van der Waals surface area contributed by atoms with E-state index in [1.165, 1.54) is 0 Å². The maximum absolute atomic E-state index is 4.45. The van der Waals surface area contributed by atoms with Gasteiger partial charge in [0, 0.05) is 44.6 Å². The summed E-state index contributed by atoms with van der Waals surface area (Å²) in [5.41, 5.74) is 2.28. The smallest absolute Gasteiger partial charge is 0.0564 e. The molecule has 1 aliphatic rings. The van der Waals surface area contributed by atoms with Crippen LogP contribution in [0.3, 0.4) is 0 Å². The number of rotatable bonds is 4. The van der Waals surface area contributed by atoms with Crippen LogP contribution in [0.15, 0.2) is 18.3 Å². The zero-order valence-electron chi connectivity index (χ0n) is 11.8. The van der Waals surface area contributed by atoms with E-state index in [0.29, 0.717) is 6.04 Å². The van der Waals surface area contributed by atoms with E-state index in [4.69, 9.17) is 0 Å². The van der Waals surface area contributed by atoms with E-state index in [9.17, 15) is 0 Å². The Morgan fingerprint density at radius 2 is 2.22 bits per heavy atom. The van der Waals surface area contributed by atoms with Crippen molar-refractivity contribution in [3.63, 3.8) is 0 Å². The summed E-state index contributed by atoms with van der Waals surface area (Å²) >= 11 is 0. The van der Waals surface area contributed by atoms with E-state index in [1.54, 1.807) is 0 Å². The fourth-order valence-electron chi connectivity index (χ4n) is 2.80. The van der Waals surface area contributed by atoms with Crippen LogP contribution in [0, 0.1) is 5.92 Å². The van der Waals surface area contributed by atoms with Crippen LogP contribution in [0.4, 0.5) is 5.69 Å². The minimum absolute atomic E-state index is 0.664. The van der Waals surface area contributed by atoms with Crippen LogP contribution in [-0.4, -0.2) is 55.1 Å². The highest BCUT2D eigenvalue weighted by atomic mass is 15.2. The van der Waals surface area contributed by atoms with Crippen molar-refractivity contribution in [2.24, 2.45) is 5.92 Å². The average Bonchev–Trinajstić information content (AvgIpc) is 2.70. The first-order chi connectivity index (χ1) is 8.60. The molecular formula is C14H24N4. The summed E-state index contributed by atoms with van der Waals surface area (Å²) in [6, 6.07) is 4.80. The minimum atomic E-state index is 0.664. The van der Waals surface area contributed by atoms with Gasteiger partial charge in [-0.1, -0.05) is 6.92 Å². The molecule has 1 saturated heterocycles. The van der Waals surface area contributed by atoms with Crippen LogP contribution in [0.25, 0.3) is 0 Å². The highest BCUT2D eigenvalue weighted by Gasteiger charge is 2.30. The number of hydrogen-bond donors (Lipinski definition) is 1. The average molecular weight is 248 g/mol. The summed E-state index contributed by atoms with van der Waals surface area (Å²) in [6.07, 6.45) is 1.88. The van der Waals surface area contributed by atoms with Gasteiger partial charge in [-0.05, 0) is 32.1 Å². The van der Waals surface area contributed by atoms with Crippen molar-refractivity contribution in [2.75, 3.05) is 39.5 Å². The van der Waals surface area contributed by atoms with Gasteiger partial charge < -0.3 is 10.2 Å². The van der Waals surface area contributed by atoms with E-state index in [0.717, 1.165) is 36.9 Å². The first kappa shape index (κ1) is 13.3. The van der Waals surface area contributed by atoms with Crippen molar-refractivity contribution in [1.29, 1.82) is 0 Å². The van der Waals surface area contributed by atoms with Gasteiger partial charge >= 0.3 is 0 Å². The van der Waals surface area contributed by atoms with Crippen LogP contribution in [0.1, 0.15) is 12.6 Å². The third kappa shape index (κ3) is 3.00. The fourth-order valence-corrected chi connectivity index (χ4v) is 2.80. The molecule has 0 bridgehead atoms. The molecule has 0 amide bonds. The van der Waals surface area contributed by atoms with Crippen molar-refractivity contribution in [1.82, 2.24) is 14.8 Å². The summed E-state index contributed by atoms with van der Waals surface area (Å²) in [7, 11) is 6.29. The van der Waals surface area contributed by atoms with Gasteiger partial charge in [0.1, 0.15) is 0 Å². The molecule has 1 N–H and O–H groups in total. The van der Waals surface area contributed by atoms with E-state index in [2.05, 4.69) is 47.2 Å². The highest BCUT2D eigenvalue weighted by Crippen LogP contribution is 2.21. The SMILES string of the molecule is CNc1ccnc(CN2CC(C)C(N(C)C)C2)c1. The number of nitrogens with one attached hydrogen (secondary N) is 1. The molecule has 0 aromatic carbocycles. The first-order valence-corrected chi connectivity index (χ1v) is 6.61. The maximum atomic E-state index is 4.45. The lowest BCUT2D eigenvalue weighted by atomic mass is 10.1. The van der Waals surface area contributed by atoms with Gasteiger partial charge in [-0.3, -0.25) is 9.88 Å². The molecule has 0 radical (unpaired) electrons. The van der Waals surface area contributed by atoms with E-state index in [-0.39, 0.29) is 0 Å². The van der Waals surface area contributed by atoms with Crippen molar-refractivity contribution in [3.05, 3.63) is 24.0 Å². The lowest BCUT2D eigenvalue weighted by Crippen LogP contribution is -2.34. The summed E-state index contributed by atoms with van der Waals surface area (Å²) < 4.78 is 0. The third-order valence-electron chi connectivity index (χ3n) is 3.80. The van der Waals surface area contributed by atoms with Gasteiger partial charge in [0.2, 0.25) is 0 Å². The third-order valence-corrected chi connectivity index (χ3v) is 3.80. The number of nitrogens with zero attached hydrogens (tertiary/aromatic N) is 3. The number of likely N-dealkylation sites (tertiary alicyclic amines) is 1. The predicted octanol–water partition coefficient (Wildman–Crippen LogP) is 1.51. The summed E-state index contributed by atoms with van der Waals surface area (Å²) in [4.78, 5) is 9.28. The van der Waals surface area contributed by atoms with E-state index in [1.807, 2.05) is 19.3 Å². The Morgan fingerprint density at radius 1 is 1.44 bits per heavy atom. The summed E-state index contributed by atoms with van der Waals surface area (Å²) in [6.45, 7) is 5.58. The van der Waals surface area contributed by atoms with Gasteiger partial charge in [-0.15, -0.1) is 0 Å². The number of likely N-dealkylation sites (N-methyl/N-ethyl adjacent to an activating group) is 1. The molecular weight excluding hydrogens is 224 g/mol. The van der Waals surface area contributed by atoms with Gasteiger partial charge in [-0.2, -0.15) is 0 Å². The van der Waals surface area contributed by atoms with Crippen molar-refractivity contribution < 1.29 is 0 Å². The van der Waals surface area contributed by atoms with E-state index >= 15 is 0 Å². The lowest BCUT2D eigenvalue weighted by Gasteiger charge is -2.22. The molecule has 4 nitrogen and oxygen atoms in total. The number of pyridine rings is 1. The summed E-state index contributed by atoms with van der Waals surface area (Å²) in [5.74, 6) is 0.729. The van der Waals surface area contributed by atoms with Crippen molar-refractivity contribution in [2.45, 2.75) is 19.5 Å². The molecule has 4 heteroatoms. The van der Waals surface area contributed by atoms with Crippen LogP contribution < -0.4 is 5.32 Å². The number of hydrogen-bond acceptors (Lipinski definition) is 4. The molecule has 2 heterocycles. The monoisotopic (exact) mass is 248 g/mol. The van der Waals surface area contributed by atoms with Crippen LogP contribution in [-0.2, 0) is 6.54 Å². The molecule has 0 aliphatic carbocycles. The molecule has 0 spiro atoms. The predicted molar refractivity (Wildman–Crippen MR) is 75.7 cm³/mol. The second kappa shape index (κ2) is 5.67. The van der Waals surface area contributed by atoms with Crippen LogP contribution in [0.2, 0.25) is 0 Å². The molecule has 2 atom stereocenters. The van der Waals surface area contributed by atoms with Gasteiger partial charge in [0.05, 0.1) is 5.69 Å². The first-order valence-electron chi connectivity index (χ1n) is 6.61. The van der Waals surface area contributed by atoms with Crippen LogP contribution >= 0.6 is 0 Å². The second-order valence-corrected chi connectivity index (χ2v) is 5.49. The Hall–Kier alpha value is -1.13.